The fourth-order valence-electron chi connectivity index (χ4n) is 5.07. The molecule has 3 saturated carbocycles. The molecule has 6 rings (SSSR count). The summed E-state index contributed by atoms with van der Waals surface area (Å²) in [4.78, 5) is 23.5. The van der Waals surface area contributed by atoms with Crippen LogP contribution in [0, 0.1) is 17.0 Å². The Morgan fingerprint density at radius 1 is 1.03 bits per heavy atom. The number of carbonyl (C=O) groups is 1. The number of amides is 1. The molecule has 0 radical (unpaired) electrons. The number of aromatic hydroxyl groups is 1. The van der Waals surface area contributed by atoms with Gasteiger partial charge in [-0.15, -0.1) is 0 Å². The number of fused-ring (bicyclic) bond motifs is 3. The largest absolute Gasteiger partial charge is 0.503 e. The molecule has 2 heterocycles. The van der Waals surface area contributed by atoms with E-state index >= 15 is 0 Å². The van der Waals surface area contributed by atoms with E-state index in [0.29, 0.717) is 31.6 Å². The quantitative estimate of drug-likeness (QED) is 0.485. The zero-order valence-electron chi connectivity index (χ0n) is 18.7. The Balaban J connectivity index is 1.23. The highest BCUT2D eigenvalue weighted by Crippen LogP contribution is 2.57. The Bertz CT molecular complexity index is 1260. The third kappa shape index (κ3) is 4.26. The van der Waals surface area contributed by atoms with E-state index in [4.69, 9.17) is 4.52 Å². The van der Waals surface area contributed by atoms with Crippen LogP contribution in [0.5, 0.6) is 5.75 Å². The summed E-state index contributed by atoms with van der Waals surface area (Å²) in [5.41, 5.74) is -0.557. The summed E-state index contributed by atoms with van der Waals surface area (Å²) in [6.45, 7) is 0.326. The molecule has 1 aromatic carbocycles. The van der Waals surface area contributed by atoms with Crippen LogP contribution in [0.25, 0.3) is 11.5 Å². The van der Waals surface area contributed by atoms with Crippen molar-refractivity contribution in [2.24, 2.45) is 5.41 Å². The molecule has 3 fully saturated rings. The second-order valence-corrected chi connectivity index (χ2v) is 9.47. The van der Waals surface area contributed by atoms with Gasteiger partial charge in [0.2, 0.25) is 5.82 Å². The van der Waals surface area contributed by atoms with Crippen LogP contribution in [0.2, 0.25) is 0 Å². The molecule has 3 aliphatic carbocycles. The molecule has 36 heavy (non-hydrogen) atoms. The van der Waals surface area contributed by atoms with Crippen molar-refractivity contribution in [3.8, 4) is 17.2 Å². The first-order chi connectivity index (χ1) is 17.0. The molecule has 2 bridgehead atoms. The number of hydrogen-bond donors (Lipinski definition) is 2. The number of benzene rings is 1. The number of hydrogen-bond acceptors (Lipinski definition) is 7. The highest BCUT2D eigenvalue weighted by Gasteiger charge is 2.51. The van der Waals surface area contributed by atoms with Crippen molar-refractivity contribution in [2.45, 2.75) is 50.1 Å². The van der Waals surface area contributed by atoms with Gasteiger partial charge in [-0.1, -0.05) is 5.16 Å². The lowest BCUT2D eigenvalue weighted by molar-refractivity contribution is -0.145. The van der Waals surface area contributed by atoms with Crippen molar-refractivity contribution in [1.29, 1.82) is 0 Å². The van der Waals surface area contributed by atoms with Gasteiger partial charge in [0.1, 0.15) is 0 Å². The van der Waals surface area contributed by atoms with Gasteiger partial charge >= 0.3 is 6.18 Å². The first-order valence-corrected chi connectivity index (χ1v) is 11.2. The molecule has 0 saturated heterocycles. The second kappa shape index (κ2) is 8.49. The van der Waals surface area contributed by atoms with Crippen LogP contribution >= 0.6 is 0 Å². The average Bonchev–Trinajstić information content (AvgIpc) is 3.38. The lowest BCUT2D eigenvalue weighted by Gasteiger charge is -2.52. The molecule has 13 heteroatoms. The van der Waals surface area contributed by atoms with E-state index in [1.165, 1.54) is 0 Å². The van der Waals surface area contributed by atoms with Crippen molar-refractivity contribution < 1.29 is 36.4 Å². The highest BCUT2D eigenvalue weighted by atomic mass is 19.4. The number of halogens is 5. The maximum atomic E-state index is 13.6. The maximum absolute atomic E-state index is 13.6. The molecule has 0 atom stereocenters. The minimum Gasteiger partial charge on any atom is -0.503 e. The monoisotopic (exact) mass is 509 g/mol. The van der Waals surface area contributed by atoms with E-state index in [1.807, 2.05) is 0 Å². The summed E-state index contributed by atoms with van der Waals surface area (Å²) in [6.07, 6.45) is 1.73. The van der Waals surface area contributed by atoms with Gasteiger partial charge in [0, 0.05) is 29.9 Å². The fourth-order valence-corrected chi connectivity index (χ4v) is 5.07. The predicted octanol–water partition coefficient (Wildman–Crippen LogP) is 4.55. The van der Waals surface area contributed by atoms with Crippen molar-refractivity contribution in [1.82, 2.24) is 25.4 Å². The van der Waals surface area contributed by atoms with Crippen LogP contribution in [-0.2, 0) is 11.6 Å². The predicted molar refractivity (Wildman–Crippen MR) is 112 cm³/mol. The number of aromatic nitrogens is 4. The second-order valence-electron chi connectivity index (χ2n) is 9.47. The minimum atomic E-state index is -4.65. The Morgan fingerprint density at radius 3 is 2.17 bits per heavy atom. The maximum Gasteiger partial charge on any atom is 0.451 e. The van der Waals surface area contributed by atoms with E-state index < -0.39 is 35.3 Å². The third-order valence-electron chi connectivity index (χ3n) is 7.36. The van der Waals surface area contributed by atoms with E-state index in [-0.39, 0.29) is 27.8 Å². The van der Waals surface area contributed by atoms with Gasteiger partial charge in [-0.25, -0.2) is 18.7 Å². The van der Waals surface area contributed by atoms with Crippen LogP contribution in [-0.4, -0.2) is 37.7 Å². The van der Waals surface area contributed by atoms with Crippen molar-refractivity contribution in [3.63, 3.8) is 0 Å². The van der Waals surface area contributed by atoms with Crippen LogP contribution < -0.4 is 5.32 Å². The van der Waals surface area contributed by atoms with Crippen LogP contribution in [0.15, 0.2) is 29.0 Å². The number of phenolic OH excluding ortho intramolecular Hbond substituents is 1. The summed E-state index contributed by atoms with van der Waals surface area (Å²) in [5.74, 6) is -4.92. The van der Waals surface area contributed by atoms with E-state index in [9.17, 15) is 31.9 Å². The zero-order valence-corrected chi connectivity index (χ0v) is 18.7. The van der Waals surface area contributed by atoms with E-state index in [1.54, 1.807) is 0 Å². The molecule has 2 aromatic heterocycles. The van der Waals surface area contributed by atoms with Crippen LogP contribution in [0.1, 0.15) is 60.5 Å². The lowest BCUT2D eigenvalue weighted by Crippen LogP contribution is -2.49. The summed E-state index contributed by atoms with van der Waals surface area (Å²) in [6, 6.07) is 1.57. The SMILES string of the molecule is O=C(NC[C@]12CC[C@](c3noc(-c4cnc(C(F)(F)F)nc4)n3)(CC1)CC2)c1cc(F)c(O)c(F)c1. The summed E-state index contributed by atoms with van der Waals surface area (Å²) < 4.78 is 70.5. The molecule has 0 unspecified atom stereocenters. The Hall–Kier alpha value is -3.64. The number of nitrogens with zero attached hydrogens (tertiary/aromatic N) is 4. The number of nitrogens with one attached hydrogen (secondary N) is 1. The first kappa shape index (κ1) is 24.1. The summed E-state index contributed by atoms with van der Waals surface area (Å²) in [7, 11) is 0. The molecule has 1 amide bonds. The molecular formula is C23H20F5N5O3. The van der Waals surface area contributed by atoms with Gasteiger partial charge in [-0.05, 0) is 56.1 Å². The topological polar surface area (TPSA) is 114 Å². The van der Waals surface area contributed by atoms with Crippen molar-refractivity contribution in [3.05, 3.63) is 53.4 Å². The summed E-state index contributed by atoms with van der Waals surface area (Å²) in [5, 5.41) is 16.1. The van der Waals surface area contributed by atoms with Gasteiger partial charge in [0.15, 0.2) is 23.2 Å². The third-order valence-corrected chi connectivity index (χ3v) is 7.36. The molecule has 8 nitrogen and oxygen atoms in total. The molecule has 0 aliphatic heterocycles. The lowest BCUT2D eigenvalue weighted by atomic mass is 9.53. The average molecular weight is 509 g/mol. The molecular weight excluding hydrogens is 489 g/mol. The number of phenols is 1. The Labute approximate surface area is 201 Å². The van der Waals surface area contributed by atoms with Gasteiger partial charge in [-0.3, -0.25) is 4.79 Å². The fraction of sp³-hybridized carbons (Fsp3) is 0.435. The van der Waals surface area contributed by atoms with Gasteiger partial charge in [0.05, 0.1) is 5.56 Å². The smallest absolute Gasteiger partial charge is 0.451 e. The van der Waals surface area contributed by atoms with Crippen molar-refractivity contribution in [2.75, 3.05) is 6.54 Å². The van der Waals surface area contributed by atoms with Crippen LogP contribution in [0.4, 0.5) is 22.0 Å². The highest BCUT2D eigenvalue weighted by molar-refractivity contribution is 5.94. The molecule has 2 N–H and O–H groups in total. The molecule has 3 aromatic rings. The van der Waals surface area contributed by atoms with Crippen LogP contribution in [0.3, 0.4) is 0 Å². The van der Waals surface area contributed by atoms with Crippen molar-refractivity contribution >= 4 is 5.91 Å². The molecule has 0 spiro atoms. The molecule has 190 valence electrons. The first-order valence-electron chi connectivity index (χ1n) is 11.2. The number of alkyl halides is 3. The Kier molecular flexibility index (Phi) is 5.67. The van der Waals surface area contributed by atoms with Gasteiger partial charge < -0.3 is 14.9 Å². The van der Waals surface area contributed by atoms with Gasteiger partial charge in [-0.2, -0.15) is 18.2 Å². The Morgan fingerprint density at radius 2 is 1.61 bits per heavy atom. The number of carbonyl (C=O) groups excluding carboxylic acids is 1. The zero-order chi connectivity index (χ0) is 25.7. The minimum absolute atomic E-state index is 0.0381. The summed E-state index contributed by atoms with van der Waals surface area (Å²) >= 11 is 0. The standard InChI is InChI=1S/C23H20F5N5O3/c24-14-7-12(8-15(25)16(14)34)17(35)31-11-21-1-4-22(5-2-21,6-3-21)19-32-18(36-33-19)13-9-29-20(30-10-13)23(26,27)28/h7-10,34H,1-6,11H2,(H,31,35)/t21-,22+. The van der Waals surface area contributed by atoms with E-state index in [2.05, 4.69) is 25.4 Å². The number of rotatable bonds is 5. The molecule has 3 aliphatic rings. The normalized spacial score (nSPS) is 23.6. The van der Waals surface area contributed by atoms with Gasteiger partial charge in [0.25, 0.3) is 11.8 Å². The van der Waals surface area contributed by atoms with E-state index in [0.717, 1.165) is 43.8 Å².